The summed E-state index contributed by atoms with van der Waals surface area (Å²) in [7, 11) is -3.86. The standard InChI is InChI=1S/C21H17ClN6O4S/c22-15-3-1-4-17(13-15)32-14-28-12-9-19(26-28)20(29)25-16-5-7-18(8-6-16)33(30,31)27-21-23-10-2-11-24-21/h1-13H,14H2,(H,25,29)(H,23,24,27). The van der Waals surface area contributed by atoms with Crippen LogP contribution in [0.25, 0.3) is 0 Å². The van der Waals surface area contributed by atoms with Gasteiger partial charge < -0.3 is 10.1 Å². The van der Waals surface area contributed by atoms with Gasteiger partial charge in [-0.25, -0.2) is 27.8 Å². The zero-order chi connectivity index (χ0) is 23.3. The van der Waals surface area contributed by atoms with Gasteiger partial charge in [-0.2, -0.15) is 5.10 Å². The first-order chi connectivity index (χ1) is 15.9. The Balaban J connectivity index is 1.36. The summed E-state index contributed by atoms with van der Waals surface area (Å²) in [5.41, 5.74) is 0.573. The number of carbonyl (C=O) groups is 1. The second kappa shape index (κ2) is 9.67. The summed E-state index contributed by atoms with van der Waals surface area (Å²) in [5.74, 6) is 0.0834. The number of hydrogen-bond donors (Lipinski definition) is 2. The van der Waals surface area contributed by atoms with E-state index in [-0.39, 0.29) is 23.3 Å². The van der Waals surface area contributed by atoms with Gasteiger partial charge in [0.1, 0.15) is 5.75 Å². The number of sulfonamides is 1. The van der Waals surface area contributed by atoms with Crippen LogP contribution in [-0.4, -0.2) is 34.1 Å². The SMILES string of the molecule is O=C(Nc1ccc(S(=O)(=O)Nc2ncccn2)cc1)c1ccn(COc2cccc(Cl)c2)n1. The summed E-state index contributed by atoms with van der Waals surface area (Å²) in [6.07, 6.45) is 4.45. The number of hydrogen-bond acceptors (Lipinski definition) is 7. The molecule has 4 aromatic rings. The highest BCUT2D eigenvalue weighted by atomic mass is 35.5. The molecule has 12 heteroatoms. The second-order valence-corrected chi connectivity index (χ2v) is 8.75. The summed E-state index contributed by atoms with van der Waals surface area (Å²) in [5, 5.41) is 7.39. The lowest BCUT2D eigenvalue weighted by Crippen LogP contribution is -2.16. The van der Waals surface area contributed by atoms with Gasteiger partial charge in [-0.15, -0.1) is 0 Å². The average Bonchev–Trinajstić information content (AvgIpc) is 3.28. The molecule has 0 bridgehead atoms. The molecule has 0 radical (unpaired) electrons. The fourth-order valence-electron chi connectivity index (χ4n) is 2.70. The van der Waals surface area contributed by atoms with Gasteiger partial charge in [-0.3, -0.25) is 4.79 Å². The van der Waals surface area contributed by atoms with E-state index in [0.717, 1.165) is 0 Å². The molecule has 0 aliphatic carbocycles. The van der Waals surface area contributed by atoms with Crippen molar-refractivity contribution in [3.63, 3.8) is 0 Å². The summed E-state index contributed by atoms with van der Waals surface area (Å²) in [6.45, 7) is 0.0955. The van der Waals surface area contributed by atoms with Crippen molar-refractivity contribution in [3.8, 4) is 5.75 Å². The Bertz CT molecular complexity index is 1360. The molecule has 0 aliphatic heterocycles. The number of rotatable bonds is 8. The number of carbonyl (C=O) groups excluding carboxylic acids is 1. The van der Waals surface area contributed by atoms with Gasteiger partial charge in [0.2, 0.25) is 5.95 Å². The van der Waals surface area contributed by atoms with Crippen LogP contribution in [0.15, 0.2) is 84.1 Å². The van der Waals surface area contributed by atoms with E-state index in [4.69, 9.17) is 16.3 Å². The van der Waals surface area contributed by atoms with Crippen molar-refractivity contribution in [2.75, 3.05) is 10.0 Å². The third kappa shape index (κ3) is 5.84. The zero-order valence-electron chi connectivity index (χ0n) is 16.9. The first kappa shape index (κ1) is 22.2. The summed E-state index contributed by atoms with van der Waals surface area (Å²) >= 11 is 5.92. The lowest BCUT2D eigenvalue weighted by atomic mass is 10.3. The predicted molar refractivity (Wildman–Crippen MR) is 122 cm³/mol. The average molecular weight is 485 g/mol. The topological polar surface area (TPSA) is 128 Å². The normalized spacial score (nSPS) is 11.1. The minimum absolute atomic E-state index is 0.00426. The van der Waals surface area contributed by atoms with Crippen LogP contribution >= 0.6 is 11.6 Å². The van der Waals surface area contributed by atoms with Gasteiger partial charge in [-0.1, -0.05) is 17.7 Å². The minimum Gasteiger partial charge on any atom is -0.471 e. The Morgan fingerprint density at radius 2 is 1.79 bits per heavy atom. The number of nitrogens with zero attached hydrogens (tertiary/aromatic N) is 4. The molecular weight excluding hydrogens is 468 g/mol. The van der Waals surface area contributed by atoms with E-state index in [1.807, 2.05) is 0 Å². The Kier molecular flexibility index (Phi) is 6.52. The van der Waals surface area contributed by atoms with Crippen LogP contribution in [0.4, 0.5) is 11.6 Å². The molecule has 2 aromatic heterocycles. The Hall–Kier alpha value is -3.96. The molecule has 2 aromatic carbocycles. The lowest BCUT2D eigenvalue weighted by Gasteiger charge is -2.08. The van der Waals surface area contributed by atoms with E-state index in [9.17, 15) is 13.2 Å². The van der Waals surface area contributed by atoms with Crippen LogP contribution < -0.4 is 14.8 Å². The first-order valence-electron chi connectivity index (χ1n) is 9.52. The molecule has 168 valence electrons. The van der Waals surface area contributed by atoms with Crippen LogP contribution in [0.5, 0.6) is 5.75 Å². The van der Waals surface area contributed by atoms with Gasteiger partial charge in [0.15, 0.2) is 12.4 Å². The third-order valence-electron chi connectivity index (χ3n) is 4.25. The van der Waals surface area contributed by atoms with Gasteiger partial charge >= 0.3 is 0 Å². The Morgan fingerprint density at radius 3 is 2.52 bits per heavy atom. The van der Waals surface area contributed by atoms with Crippen LogP contribution in [0.3, 0.4) is 0 Å². The van der Waals surface area contributed by atoms with Crippen LogP contribution in [0.1, 0.15) is 10.5 Å². The van der Waals surface area contributed by atoms with Gasteiger partial charge in [0.25, 0.3) is 15.9 Å². The largest absolute Gasteiger partial charge is 0.471 e. The minimum atomic E-state index is -3.86. The van der Waals surface area contributed by atoms with Gasteiger partial charge in [0, 0.05) is 29.3 Å². The molecule has 2 N–H and O–H groups in total. The van der Waals surface area contributed by atoms with E-state index in [0.29, 0.717) is 16.5 Å². The highest BCUT2D eigenvalue weighted by molar-refractivity contribution is 7.92. The quantitative estimate of drug-likeness (QED) is 0.392. The maximum atomic E-state index is 12.5. The van der Waals surface area contributed by atoms with Crippen molar-refractivity contribution in [1.82, 2.24) is 19.7 Å². The summed E-state index contributed by atoms with van der Waals surface area (Å²) < 4.78 is 34.2. The van der Waals surface area contributed by atoms with E-state index in [1.165, 1.54) is 41.3 Å². The summed E-state index contributed by atoms with van der Waals surface area (Å²) in [4.78, 5) is 20.1. The van der Waals surface area contributed by atoms with Crippen LogP contribution in [-0.2, 0) is 16.8 Å². The zero-order valence-corrected chi connectivity index (χ0v) is 18.5. The number of halogens is 1. The third-order valence-corrected chi connectivity index (χ3v) is 5.83. The number of nitrogens with one attached hydrogen (secondary N) is 2. The molecular formula is C21H17ClN6O4S. The molecule has 0 unspecified atom stereocenters. The van der Waals surface area contributed by atoms with Gasteiger partial charge in [0.05, 0.1) is 4.90 Å². The molecule has 10 nitrogen and oxygen atoms in total. The van der Waals surface area contributed by atoms with E-state index in [2.05, 4.69) is 25.1 Å². The van der Waals surface area contributed by atoms with Crippen molar-refractivity contribution in [3.05, 3.63) is 90.0 Å². The summed E-state index contributed by atoms with van der Waals surface area (Å²) in [6, 6.07) is 15.7. The maximum Gasteiger partial charge on any atom is 0.276 e. The molecule has 0 saturated carbocycles. The van der Waals surface area contributed by atoms with Gasteiger partial charge in [-0.05, 0) is 54.6 Å². The fraction of sp³-hybridized carbons (Fsp3) is 0.0476. The molecule has 4 rings (SSSR count). The second-order valence-electron chi connectivity index (χ2n) is 6.63. The number of ether oxygens (including phenoxy) is 1. The van der Waals surface area contributed by atoms with Crippen LogP contribution in [0.2, 0.25) is 5.02 Å². The van der Waals surface area contributed by atoms with Crippen molar-refractivity contribution in [1.29, 1.82) is 0 Å². The fourth-order valence-corrected chi connectivity index (χ4v) is 3.83. The van der Waals surface area contributed by atoms with E-state index >= 15 is 0 Å². The number of benzene rings is 2. The number of amides is 1. The van der Waals surface area contributed by atoms with Crippen LogP contribution in [0, 0.1) is 0 Å². The molecule has 0 spiro atoms. The van der Waals surface area contributed by atoms with Crippen molar-refractivity contribution < 1.29 is 17.9 Å². The van der Waals surface area contributed by atoms with E-state index < -0.39 is 15.9 Å². The molecule has 2 heterocycles. The number of aromatic nitrogens is 4. The van der Waals surface area contributed by atoms with E-state index in [1.54, 1.807) is 42.6 Å². The molecule has 1 amide bonds. The Labute approximate surface area is 194 Å². The molecule has 0 atom stereocenters. The van der Waals surface area contributed by atoms with Crippen molar-refractivity contribution >= 4 is 39.2 Å². The maximum absolute atomic E-state index is 12.5. The Morgan fingerprint density at radius 1 is 1.03 bits per heavy atom. The molecule has 0 aliphatic rings. The predicted octanol–water partition coefficient (Wildman–Crippen LogP) is 3.42. The highest BCUT2D eigenvalue weighted by Gasteiger charge is 2.16. The van der Waals surface area contributed by atoms with Crippen molar-refractivity contribution in [2.24, 2.45) is 0 Å². The molecule has 0 saturated heterocycles. The smallest absolute Gasteiger partial charge is 0.276 e. The highest BCUT2D eigenvalue weighted by Crippen LogP contribution is 2.18. The first-order valence-corrected chi connectivity index (χ1v) is 11.4. The monoisotopic (exact) mass is 484 g/mol. The van der Waals surface area contributed by atoms with Crippen molar-refractivity contribution in [2.45, 2.75) is 11.6 Å². The lowest BCUT2D eigenvalue weighted by molar-refractivity contribution is 0.102. The number of anilines is 2. The molecule has 33 heavy (non-hydrogen) atoms. The molecule has 0 fully saturated rings.